The van der Waals surface area contributed by atoms with Crippen LogP contribution in [0.5, 0.6) is 0 Å². The summed E-state index contributed by atoms with van der Waals surface area (Å²) < 4.78 is 2.84. The molecule has 174 valence electrons. The summed E-state index contributed by atoms with van der Waals surface area (Å²) >= 11 is 15.0. The number of hydrogen-bond donors (Lipinski definition) is 1. The van der Waals surface area contributed by atoms with Gasteiger partial charge >= 0.3 is 0 Å². The molecule has 0 unspecified atom stereocenters. The van der Waals surface area contributed by atoms with Crippen molar-refractivity contribution in [1.82, 2.24) is 9.88 Å². The molecule has 0 spiro atoms. The predicted octanol–water partition coefficient (Wildman–Crippen LogP) is 6.46. The van der Waals surface area contributed by atoms with Crippen LogP contribution in [0.1, 0.15) is 42.3 Å². The Morgan fingerprint density at radius 1 is 1.03 bits per heavy atom. The average Bonchev–Trinajstić information content (AvgIpc) is 3.06. The highest BCUT2D eigenvalue weighted by atomic mass is 79.9. The molecule has 1 N–H and O–H groups in total. The molecule has 0 aliphatic carbocycles. The fraction of sp³-hybridized carbons (Fsp3) is 0.192. The molecule has 2 aromatic carbocycles. The van der Waals surface area contributed by atoms with Crippen molar-refractivity contribution in [3.05, 3.63) is 86.1 Å². The summed E-state index contributed by atoms with van der Waals surface area (Å²) in [5, 5.41) is 3.32. The van der Waals surface area contributed by atoms with Crippen molar-refractivity contribution in [2.75, 3.05) is 4.90 Å². The van der Waals surface area contributed by atoms with E-state index in [9.17, 15) is 9.59 Å². The summed E-state index contributed by atoms with van der Waals surface area (Å²) in [7, 11) is 0. The molecule has 1 fully saturated rings. The first-order chi connectivity index (χ1) is 16.1. The molecule has 5 nitrogen and oxygen atoms in total. The molecule has 0 atom stereocenters. The maximum atomic E-state index is 13.4. The number of benzene rings is 2. The third-order valence-corrected chi connectivity index (χ3v) is 7.37. The molecular weight excluding hydrogens is 534 g/mol. The Morgan fingerprint density at radius 3 is 2.29 bits per heavy atom. The van der Waals surface area contributed by atoms with Crippen LogP contribution in [-0.2, 0) is 9.59 Å². The van der Waals surface area contributed by atoms with Gasteiger partial charge in [-0.15, -0.1) is 0 Å². The lowest BCUT2D eigenvalue weighted by atomic mass is 10.0. The van der Waals surface area contributed by atoms with Crippen molar-refractivity contribution < 1.29 is 9.59 Å². The summed E-state index contributed by atoms with van der Waals surface area (Å²) in [6, 6.07) is 15.3. The van der Waals surface area contributed by atoms with Gasteiger partial charge in [0.1, 0.15) is 5.57 Å². The second-order valence-corrected chi connectivity index (χ2v) is 10.1. The van der Waals surface area contributed by atoms with E-state index in [2.05, 4.69) is 35.1 Å². The molecule has 0 radical (unpaired) electrons. The van der Waals surface area contributed by atoms with Gasteiger partial charge in [-0.25, -0.2) is 0 Å². The summed E-state index contributed by atoms with van der Waals surface area (Å²) in [4.78, 5) is 27.5. The zero-order valence-electron chi connectivity index (χ0n) is 19.1. The fourth-order valence-corrected chi connectivity index (χ4v) is 4.71. The standard InChI is InChI=1S/C26H23BrClN3O2S/c1-14(2)17-5-7-19(8-6-17)31-25(33)21(24(32)29-26(31)34)12-18-11-15(3)30(16(18)4)20-9-10-22(27)23(28)13-20/h5-14H,1-4H3,(H,29,32,34)/b21-12+. The van der Waals surface area contributed by atoms with Crippen LogP contribution in [0.3, 0.4) is 0 Å². The summed E-state index contributed by atoms with van der Waals surface area (Å²) in [6.07, 6.45) is 1.62. The second-order valence-electron chi connectivity index (χ2n) is 8.46. The van der Waals surface area contributed by atoms with E-state index in [1.54, 1.807) is 6.08 Å². The van der Waals surface area contributed by atoms with Gasteiger partial charge in [0.05, 0.1) is 10.7 Å². The molecule has 34 heavy (non-hydrogen) atoms. The zero-order valence-corrected chi connectivity index (χ0v) is 22.3. The number of rotatable bonds is 4. The maximum absolute atomic E-state index is 13.4. The maximum Gasteiger partial charge on any atom is 0.270 e. The van der Waals surface area contributed by atoms with Crippen LogP contribution >= 0.6 is 39.7 Å². The highest BCUT2D eigenvalue weighted by Crippen LogP contribution is 2.30. The number of halogens is 2. The van der Waals surface area contributed by atoms with Crippen LogP contribution in [-0.4, -0.2) is 21.5 Å². The van der Waals surface area contributed by atoms with Crippen LogP contribution in [0, 0.1) is 13.8 Å². The summed E-state index contributed by atoms with van der Waals surface area (Å²) in [5.74, 6) is -0.604. The lowest BCUT2D eigenvalue weighted by Gasteiger charge is -2.29. The number of aromatic nitrogens is 1. The number of anilines is 1. The number of carbonyl (C=O) groups excluding carboxylic acids is 2. The number of thiocarbonyl (C=S) groups is 1. The van der Waals surface area contributed by atoms with Gasteiger partial charge in [-0.1, -0.05) is 37.6 Å². The van der Waals surface area contributed by atoms with Gasteiger partial charge in [0.15, 0.2) is 5.11 Å². The monoisotopic (exact) mass is 555 g/mol. The molecular formula is C26H23BrClN3O2S. The number of aryl methyl sites for hydroxylation is 1. The SMILES string of the molecule is Cc1cc(/C=C2\C(=O)NC(=S)N(c3ccc(C(C)C)cc3)C2=O)c(C)n1-c1ccc(Br)c(Cl)c1. The van der Waals surface area contributed by atoms with Gasteiger partial charge in [-0.2, -0.15) is 0 Å². The molecule has 0 saturated carbocycles. The van der Waals surface area contributed by atoms with Crippen LogP contribution in [0.25, 0.3) is 11.8 Å². The topological polar surface area (TPSA) is 54.3 Å². The van der Waals surface area contributed by atoms with Crippen molar-refractivity contribution >= 4 is 68.4 Å². The fourth-order valence-electron chi connectivity index (χ4n) is 4.01. The Morgan fingerprint density at radius 2 is 1.68 bits per heavy atom. The number of amides is 2. The number of carbonyl (C=O) groups is 2. The molecule has 1 aliphatic rings. The molecule has 2 heterocycles. The zero-order chi connectivity index (χ0) is 24.7. The van der Waals surface area contributed by atoms with Crippen LogP contribution in [0.2, 0.25) is 5.02 Å². The molecule has 4 rings (SSSR count). The molecule has 2 amide bonds. The molecule has 0 bridgehead atoms. The number of nitrogens with one attached hydrogen (secondary N) is 1. The second kappa shape index (κ2) is 9.49. The molecule has 1 saturated heterocycles. The van der Waals surface area contributed by atoms with Crippen molar-refractivity contribution in [1.29, 1.82) is 0 Å². The number of hydrogen-bond acceptors (Lipinski definition) is 3. The largest absolute Gasteiger partial charge is 0.318 e. The van der Waals surface area contributed by atoms with Gasteiger partial charge < -0.3 is 4.57 Å². The van der Waals surface area contributed by atoms with Crippen molar-refractivity contribution in [2.45, 2.75) is 33.6 Å². The summed E-state index contributed by atoms with van der Waals surface area (Å²) in [5.41, 5.74) is 5.27. The lowest BCUT2D eigenvalue weighted by molar-refractivity contribution is -0.122. The van der Waals surface area contributed by atoms with Crippen molar-refractivity contribution in [3.63, 3.8) is 0 Å². The first-order valence-corrected chi connectivity index (χ1v) is 12.3. The minimum Gasteiger partial charge on any atom is -0.318 e. The van der Waals surface area contributed by atoms with E-state index >= 15 is 0 Å². The average molecular weight is 557 g/mol. The van der Waals surface area contributed by atoms with E-state index in [1.165, 1.54) is 4.90 Å². The van der Waals surface area contributed by atoms with Crippen LogP contribution in [0.15, 0.2) is 58.6 Å². The lowest BCUT2D eigenvalue weighted by Crippen LogP contribution is -2.54. The van der Waals surface area contributed by atoms with Gasteiger partial charge in [-0.3, -0.25) is 19.8 Å². The Kier molecular flexibility index (Phi) is 6.80. The predicted molar refractivity (Wildman–Crippen MR) is 145 cm³/mol. The van der Waals surface area contributed by atoms with E-state index in [0.29, 0.717) is 16.6 Å². The highest BCUT2D eigenvalue weighted by Gasteiger charge is 2.34. The van der Waals surface area contributed by atoms with E-state index in [0.717, 1.165) is 32.7 Å². The third kappa shape index (κ3) is 4.48. The van der Waals surface area contributed by atoms with Crippen LogP contribution < -0.4 is 10.2 Å². The van der Waals surface area contributed by atoms with Gasteiger partial charge in [0.25, 0.3) is 11.8 Å². The molecule has 8 heteroatoms. The third-order valence-electron chi connectivity index (χ3n) is 5.85. The van der Waals surface area contributed by atoms with Gasteiger partial charge in [-0.05, 0) is 102 Å². The molecule has 1 aliphatic heterocycles. The minimum absolute atomic E-state index is 0.0237. The Labute approximate surface area is 217 Å². The van der Waals surface area contributed by atoms with E-state index in [4.69, 9.17) is 23.8 Å². The minimum atomic E-state index is -0.512. The van der Waals surface area contributed by atoms with Crippen molar-refractivity contribution in [2.24, 2.45) is 0 Å². The smallest absolute Gasteiger partial charge is 0.270 e. The highest BCUT2D eigenvalue weighted by molar-refractivity contribution is 9.10. The Bertz CT molecular complexity index is 1360. The molecule has 1 aromatic heterocycles. The van der Waals surface area contributed by atoms with Gasteiger partial charge in [0.2, 0.25) is 0 Å². The van der Waals surface area contributed by atoms with E-state index in [1.807, 2.05) is 66.9 Å². The quantitative estimate of drug-likeness (QED) is 0.228. The first kappa shape index (κ1) is 24.4. The Balaban J connectivity index is 1.73. The first-order valence-electron chi connectivity index (χ1n) is 10.7. The molecule has 3 aromatic rings. The normalized spacial score (nSPS) is 15.4. The van der Waals surface area contributed by atoms with Crippen molar-refractivity contribution in [3.8, 4) is 5.69 Å². The van der Waals surface area contributed by atoms with Gasteiger partial charge in [0, 0.05) is 21.5 Å². The Hall–Kier alpha value is -2.74. The summed E-state index contributed by atoms with van der Waals surface area (Å²) in [6.45, 7) is 8.11. The van der Waals surface area contributed by atoms with E-state index < -0.39 is 11.8 Å². The number of nitrogens with zero attached hydrogens (tertiary/aromatic N) is 2. The van der Waals surface area contributed by atoms with E-state index in [-0.39, 0.29) is 10.7 Å². The van der Waals surface area contributed by atoms with Crippen LogP contribution in [0.4, 0.5) is 5.69 Å².